The van der Waals surface area contributed by atoms with Gasteiger partial charge in [-0.05, 0) is 32.9 Å². The number of anilines is 1. The number of carbonyl (C=O) groups is 1. The Hall–Kier alpha value is -1.69. The highest BCUT2D eigenvalue weighted by Gasteiger charge is 2.28. The molecule has 1 saturated heterocycles. The maximum absolute atomic E-state index is 12.4. The minimum atomic E-state index is -0.510. The quantitative estimate of drug-likeness (QED) is 0.784. The van der Waals surface area contributed by atoms with E-state index in [-0.39, 0.29) is 6.09 Å². The van der Waals surface area contributed by atoms with Gasteiger partial charge in [0.2, 0.25) is 0 Å². The molecule has 2 rings (SSSR count). The molecule has 1 fully saturated rings. The molecule has 1 aromatic carbocycles. The highest BCUT2D eigenvalue weighted by molar-refractivity contribution is 6.32. The van der Waals surface area contributed by atoms with Crippen LogP contribution in [-0.2, 0) is 4.74 Å². The predicted molar refractivity (Wildman–Crippen MR) is 85.0 cm³/mol. The van der Waals surface area contributed by atoms with Crippen molar-refractivity contribution in [3.05, 3.63) is 24.3 Å². The zero-order valence-electron chi connectivity index (χ0n) is 12.9. The highest BCUT2D eigenvalue weighted by atomic mass is 16.6. The van der Waals surface area contributed by atoms with Gasteiger partial charge in [0, 0.05) is 13.1 Å². The molecule has 0 atom stereocenters. The summed E-state index contributed by atoms with van der Waals surface area (Å²) in [5.41, 5.74) is 1.12. The molecule has 5 nitrogen and oxygen atoms in total. The number of hydrogen-bond donors (Lipinski definition) is 1. The van der Waals surface area contributed by atoms with E-state index in [1.54, 1.807) is 5.01 Å². The monoisotopic (exact) mass is 287 g/mol. The molecule has 1 aromatic rings. The summed E-state index contributed by atoms with van der Waals surface area (Å²) >= 11 is 0. The van der Waals surface area contributed by atoms with Crippen LogP contribution in [0.15, 0.2) is 24.3 Å². The Labute approximate surface area is 127 Å². The van der Waals surface area contributed by atoms with Gasteiger partial charge in [0.05, 0.1) is 18.8 Å². The summed E-state index contributed by atoms with van der Waals surface area (Å²) in [6.07, 6.45) is -0.331. The molecule has 1 N–H and O–H groups in total. The number of nitrogens with zero attached hydrogens (tertiary/aromatic N) is 2. The minimum absolute atomic E-state index is 0.331. The van der Waals surface area contributed by atoms with Crippen LogP contribution in [0.4, 0.5) is 10.5 Å². The lowest BCUT2D eigenvalue weighted by Gasteiger charge is -2.35. The maximum atomic E-state index is 12.4. The third-order valence-electron chi connectivity index (χ3n) is 3.09. The largest absolute Gasteiger partial charge is 0.442 e. The first kappa shape index (κ1) is 15.7. The summed E-state index contributed by atoms with van der Waals surface area (Å²) in [6, 6.07) is 7.50. The van der Waals surface area contributed by atoms with Gasteiger partial charge in [-0.15, -0.1) is 0 Å². The zero-order valence-corrected chi connectivity index (χ0v) is 12.9. The van der Waals surface area contributed by atoms with E-state index in [4.69, 9.17) is 12.6 Å². The Morgan fingerprint density at radius 1 is 1.19 bits per heavy atom. The van der Waals surface area contributed by atoms with Crippen molar-refractivity contribution in [2.45, 2.75) is 26.4 Å². The van der Waals surface area contributed by atoms with E-state index in [1.165, 1.54) is 0 Å². The molecule has 0 aromatic heterocycles. The fraction of sp³-hybridized carbons (Fsp3) is 0.533. The lowest BCUT2D eigenvalue weighted by molar-refractivity contribution is 0.0239. The van der Waals surface area contributed by atoms with Crippen molar-refractivity contribution in [1.82, 2.24) is 10.3 Å². The van der Waals surface area contributed by atoms with Crippen molar-refractivity contribution >= 4 is 25.1 Å². The summed E-state index contributed by atoms with van der Waals surface area (Å²) in [5.74, 6) is 0. The third kappa shape index (κ3) is 4.39. The van der Waals surface area contributed by atoms with E-state index in [0.717, 1.165) is 18.8 Å². The molecule has 1 aliphatic heterocycles. The number of ether oxygens (including phenoxy) is 1. The molecule has 0 bridgehead atoms. The number of benzene rings is 1. The van der Waals surface area contributed by atoms with Gasteiger partial charge in [0.15, 0.2) is 0 Å². The third-order valence-corrected chi connectivity index (χ3v) is 3.09. The molecule has 112 valence electrons. The second-order valence-corrected chi connectivity index (χ2v) is 6.07. The van der Waals surface area contributed by atoms with E-state index < -0.39 is 5.60 Å². The van der Waals surface area contributed by atoms with Gasteiger partial charge in [0.1, 0.15) is 13.4 Å². The average molecular weight is 287 g/mol. The standard InChI is InChI=1S/C15H22BN3O2/c1-15(2,3)21-14(20)19-11-9-17-8-10-18(19)13-6-4-12(16)5-7-13/h4-7,17H,8-11H2,1-3H3. The van der Waals surface area contributed by atoms with E-state index in [1.807, 2.05) is 50.0 Å². The van der Waals surface area contributed by atoms with Gasteiger partial charge in [-0.1, -0.05) is 17.6 Å². The van der Waals surface area contributed by atoms with Crippen molar-refractivity contribution in [3.8, 4) is 0 Å². The van der Waals surface area contributed by atoms with E-state index in [0.29, 0.717) is 18.6 Å². The first-order chi connectivity index (χ1) is 9.87. The summed E-state index contributed by atoms with van der Waals surface area (Å²) in [4.78, 5) is 12.4. The average Bonchev–Trinajstić information content (AvgIpc) is 2.63. The van der Waals surface area contributed by atoms with Gasteiger partial charge in [-0.2, -0.15) is 0 Å². The molecule has 2 radical (unpaired) electrons. The molecule has 1 amide bonds. The second-order valence-electron chi connectivity index (χ2n) is 6.07. The van der Waals surface area contributed by atoms with Crippen molar-refractivity contribution in [3.63, 3.8) is 0 Å². The van der Waals surface area contributed by atoms with Crippen LogP contribution in [0.2, 0.25) is 0 Å². The molecule has 0 saturated carbocycles. The van der Waals surface area contributed by atoms with Gasteiger partial charge in [-0.25, -0.2) is 9.80 Å². The first-order valence-corrected chi connectivity index (χ1v) is 7.21. The fourth-order valence-corrected chi connectivity index (χ4v) is 2.16. The molecule has 0 aliphatic carbocycles. The van der Waals surface area contributed by atoms with Crippen molar-refractivity contribution in [1.29, 1.82) is 0 Å². The van der Waals surface area contributed by atoms with Crippen LogP contribution >= 0.6 is 0 Å². The van der Waals surface area contributed by atoms with Gasteiger partial charge >= 0.3 is 6.09 Å². The van der Waals surface area contributed by atoms with Crippen LogP contribution in [0.5, 0.6) is 0 Å². The van der Waals surface area contributed by atoms with E-state index in [9.17, 15) is 4.79 Å². The number of amides is 1. The molecule has 6 heteroatoms. The lowest BCUT2D eigenvalue weighted by Crippen LogP contribution is -2.49. The Bertz CT molecular complexity index is 485. The molecule has 21 heavy (non-hydrogen) atoms. The number of hydrogen-bond acceptors (Lipinski definition) is 4. The van der Waals surface area contributed by atoms with Crippen molar-refractivity contribution in [2.75, 3.05) is 31.2 Å². The van der Waals surface area contributed by atoms with Gasteiger partial charge in [0.25, 0.3) is 0 Å². The molecule has 0 unspecified atom stereocenters. The number of rotatable bonds is 1. The molecule has 1 heterocycles. The minimum Gasteiger partial charge on any atom is -0.442 e. The second kappa shape index (κ2) is 6.39. The van der Waals surface area contributed by atoms with Gasteiger partial charge in [-0.3, -0.25) is 5.01 Å². The summed E-state index contributed by atoms with van der Waals surface area (Å²) in [6.45, 7) is 8.43. The van der Waals surface area contributed by atoms with Crippen LogP contribution in [0.25, 0.3) is 0 Å². The lowest BCUT2D eigenvalue weighted by atomic mass is 9.96. The van der Waals surface area contributed by atoms with Crippen LogP contribution in [-0.4, -0.2) is 50.7 Å². The Kier molecular flexibility index (Phi) is 4.78. The smallest absolute Gasteiger partial charge is 0.429 e. The Morgan fingerprint density at radius 2 is 1.81 bits per heavy atom. The number of hydrazine groups is 1. The van der Waals surface area contributed by atoms with Crippen molar-refractivity contribution in [2.24, 2.45) is 0 Å². The number of carbonyl (C=O) groups excluding carboxylic acids is 1. The summed E-state index contributed by atoms with van der Waals surface area (Å²) < 4.78 is 5.50. The molecule has 0 spiro atoms. The first-order valence-electron chi connectivity index (χ1n) is 7.21. The van der Waals surface area contributed by atoms with Crippen LogP contribution < -0.4 is 15.8 Å². The molecular weight excluding hydrogens is 265 g/mol. The molecule has 1 aliphatic rings. The summed E-state index contributed by atoms with van der Waals surface area (Å²) in [5, 5.41) is 6.88. The van der Waals surface area contributed by atoms with Crippen molar-refractivity contribution < 1.29 is 9.53 Å². The Morgan fingerprint density at radius 3 is 2.43 bits per heavy atom. The SMILES string of the molecule is [B]c1ccc(N2CCNCCN2C(=O)OC(C)(C)C)cc1. The highest BCUT2D eigenvalue weighted by Crippen LogP contribution is 2.18. The van der Waals surface area contributed by atoms with E-state index >= 15 is 0 Å². The van der Waals surface area contributed by atoms with Crippen LogP contribution in [0.1, 0.15) is 20.8 Å². The normalized spacial score (nSPS) is 16.5. The zero-order chi connectivity index (χ0) is 15.5. The predicted octanol–water partition coefficient (Wildman–Crippen LogP) is 1.04. The topological polar surface area (TPSA) is 44.8 Å². The number of nitrogens with one attached hydrogen (secondary N) is 1. The summed E-state index contributed by atoms with van der Waals surface area (Å²) in [7, 11) is 5.73. The fourth-order valence-electron chi connectivity index (χ4n) is 2.16. The van der Waals surface area contributed by atoms with Crippen LogP contribution in [0, 0.1) is 0 Å². The van der Waals surface area contributed by atoms with Crippen LogP contribution in [0.3, 0.4) is 0 Å². The maximum Gasteiger partial charge on any atom is 0.429 e. The van der Waals surface area contributed by atoms with E-state index in [2.05, 4.69) is 5.32 Å². The Balaban J connectivity index is 2.21. The molecular formula is C15H22BN3O2. The van der Waals surface area contributed by atoms with Gasteiger partial charge < -0.3 is 10.1 Å².